The van der Waals surface area contributed by atoms with Crippen LogP contribution >= 0.6 is 12.2 Å². The van der Waals surface area contributed by atoms with Gasteiger partial charge in [-0.2, -0.15) is 10.1 Å². The normalized spacial score (nSPS) is 17.0. The lowest BCUT2D eigenvalue weighted by atomic mass is 10.2. The average molecular weight is 171 g/mol. The van der Waals surface area contributed by atoms with Crippen LogP contribution in [0.15, 0.2) is 5.10 Å². The molecule has 0 unspecified atom stereocenters. The van der Waals surface area contributed by atoms with Crippen LogP contribution in [0.5, 0.6) is 0 Å². The first-order chi connectivity index (χ1) is 5.15. The molecule has 0 saturated carbocycles. The van der Waals surface area contributed by atoms with Crippen LogP contribution in [-0.4, -0.2) is 21.7 Å². The van der Waals surface area contributed by atoms with Gasteiger partial charge in [-0.05, 0) is 18.6 Å². The number of carbonyl (C=O) groups is 1. The van der Waals surface area contributed by atoms with Gasteiger partial charge in [-0.3, -0.25) is 4.79 Å². The maximum Gasteiger partial charge on any atom is 0.255 e. The lowest BCUT2D eigenvalue weighted by molar-refractivity contribution is -0.125. The van der Waals surface area contributed by atoms with E-state index in [2.05, 4.69) is 17.3 Å². The number of amides is 1. The van der Waals surface area contributed by atoms with Gasteiger partial charge in [0.05, 0.1) is 6.42 Å². The standard InChI is InChI=1S/C6H9N3OS/c1-2-4-3-5(10)9(8-4)6(7)11/h2-3H2,1H3,(H2,7,11). The summed E-state index contributed by atoms with van der Waals surface area (Å²) in [5.74, 6) is -0.130. The van der Waals surface area contributed by atoms with E-state index in [1.54, 1.807) is 0 Å². The number of nitrogens with two attached hydrogens (primary N) is 1. The van der Waals surface area contributed by atoms with E-state index in [0.717, 1.165) is 17.1 Å². The topological polar surface area (TPSA) is 58.7 Å². The van der Waals surface area contributed by atoms with E-state index in [9.17, 15) is 4.79 Å². The minimum Gasteiger partial charge on any atom is -0.374 e. The van der Waals surface area contributed by atoms with E-state index in [1.807, 2.05) is 6.92 Å². The monoisotopic (exact) mass is 171 g/mol. The third kappa shape index (κ3) is 1.54. The zero-order chi connectivity index (χ0) is 8.43. The van der Waals surface area contributed by atoms with Gasteiger partial charge in [0.2, 0.25) is 0 Å². The third-order valence-corrected chi connectivity index (χ3v) is 1.62. The quantitative estimate of drug-likeness (QED) is 0.574. The number of carbonyl (C=O) groups excluding carboxylic acids is 1. The first-order valence-electron chi connectivity index (χ1n) is 3.34. The predicted octanol–water partition coefficient (Wildman–Crippen LogP) is 0.228. The Morgan fingerprint density at radius 2 is 2.55 bits per heavy atom. The van der Waals surface area contributed by atoms with Crippen molar-refractivity contribution in [3.63, 3.8) is 0 Å². The van der Waals surface area contributed by atoms with Crippen LogP contribution in [0.3, 0.4) is 0 Å². The molecule has 0 saturated heterocycles. The van der Waals surface area contributed by atoms with Crippen LogP contribution in [0, 0.1) is 0 Å². The molecule has 2 N–H and O–H groups in total. The second kappa shape index (κ2) is 2.96. The van der Waals surface area contributed by atoms with Gasteiger partial charge in [-0.15, -0.1) is 0 Å². The van der Waals surface area contributed by atoms with Crippen LogP contribution in [-0.2, 0) is 4.79 Å². The summed E-state index contributed by atoms with van der Waals surface area (Å²) in [6.45, 7) is 1.94. The van der Waals surface area contributed by atoms with Gasteiger partial charge < -0.3 is 5.73 Å². The first-order valence-corrected chi connectivity index (χ1v) is 3.74. The summed E-state index contributed by atoms with van der Waals surface area (Å²) in [5.41, 5.74) is 6.07. The van der Waals surface area contributed by atoms with Crippen molar-refractivity contribution in [2.75, 3.05) is 0 Å². The Hall–Kier alpha value is -0.970. The van der Waals surface area contributed by atoms with Crippen molar-refractivity contribution in [3.8, 4) is 0 Å². The number of hydrazone groups is 1. The number of nitrogens with zero attached hydrogens (tertiary/aromatic N) is 2. The van der Waals surface area contributed by atoms with Crippen LogP contribution in [0.25, 0.3) is 0 Å². The van der Waals surface area contributed by atoms with E-state index in [-0.39, 0.29) is 11.0 Å². The van der Waals surface area contributed by atoms with Crippen LogP contribution in [0.2, 0.25) is 0 Å². The molecule has 5 heteroatoms. The SMILES string of the molecule is CCC1=NN(C(N)=S)C(=O)C1. The van der Waals surface area contributed by atoms with Gasteiger partial charge >= 0.3 is 0 Å². The zero-order valence-corrected chi connectivity index (χ0v) is 7.02. The average Bonchev–Trinajstić information content (AvgIpc) is 2.30. The smallest absolute Gasteiger partial charge is 0.255 e. The van der Waals surface area contributed by atoms with Gasteiger partial charge in [0.15, 0.2) is 5.11 Å². The molecule has 4 nitrogen and oxygen atoms in total. The summed E-state index contributed by atoms with van der Waals surface area (Å²) in [6, 6.07) is 0. The molecule has 0 fully saturated rings. The molecule has 1 aliphatic rings. The lowest BCUT2D eigenvalue weighted by Gasteiger charge is -2.06. The van der Waals surface area contributed by atoms with E-state index < -0.39 is 0 Å². The maximum absolute atomic E-state index is 11.0. The number of rotatable bonds is 1. The number of hydrogen-bond donors (Lipinski definition) is 1. The van der Waals surface area contributed by atoms with Crippen molar-refractivity contribution in [2.24, 2.45) is 10.8 Å². The second-order valence-corrected chi connectivity index (χ2v) is 2.66. The van der Waals surface area contributed by atoms with Crippen molar-refractivity contribution >= 4 is 28.9 Å². The van der Waals surface area contributed by atoms with Crippen molar-refractivity contribution in [3.05, 3.63) is 0 Å². The molecule has 1 amide bonds. The van der Waals surface area contributed by atoms with Crippen LogP contribution < -0.4 is 5.73 Å². The zero-order valence-electron chi connectivity index (χ0n) is 6.20. The van der Waals surface area contributed by atoms with Gasteiger partial charge in [0, 0.05) is 5.71 Å². The molecule has 0 aromatic heterocycles. The highest BCUT2D eigenvalue weighted by molar-refractivity contribution is 7.80. The molecular formula is C6H9N3OS. The van der Waals surface area contributed by atoms with Crippen molar-refractivity contribution in [2.45, 2.75) is 19.8 Å². The molecule has 1 aliphatic heterocycles. The fourth-order valence-corrected chi connectivity index (χ4v) is 0.993. The summed E-state index contributed by atoms with van der Waals surface area (Å²) in [4.78, 5) is 11.0. The first kappa shape index (κ1) is 8.13. The van der Waals surface area contributed by atoms with Gasteiger partial charge in [0.1, 0.15) is 0 Å². The molecule has 0 aromatic carbocycles. The minimum atomic E-state index is -0.130. The summed E-state index contributed by atoms with van der Waals surface area (Å²) in [6.07, 6.45) is 1.12. The largest absolute Gasteiger partial charge is 0.374 e. The molecule has 0 atom stereocenters. The van der Waals surface area contributed by atoms with Gasteiger partial charge in [0.25, 0.3) is 5.91 Å². The summed E-state index contributed by atoms with van der Waals surface area (Å²) in [7, 11) is 0. The fourth-order valence-electron chi connectivity index (χ4n) is 0.850. The van der Waals surface area contributed by atoms with Crippen LogP contribution in [0.1, 0.15) is 19.8 Å². The molecule has 11 heavy (non-hydrogen) atoms. The molecular weight excluding hydrogens is 162 g/mol. The highest BCUT2D eigenvalue weighted by Crippen LogP contribution is 2.09. The fraction of sp³-hybridized carbons (Fsp3) is 0.500. The van der Waals surface area contributed by atoms with E-state index >= 15 is 0 Å². The van der Waals surface area contributed by atoms with Crippen molar-refractivity contribution in [1.29, 1.82) is 0 Å². The molecule has 0 aliphatic carbocycles. The van der Waals surface area contributed by atoms with Gasteiger partial charge in [-0.1, -0.05) is 6.92 Å². The third-order valence-electron chi connectivity index (χ3n) is 1.45. The van der Waals surface area contributed by atoms with Crippen molar-refractivity contribution in [1.82, 2.24) is 5.01 Å². The molecule has 0 aromatic rings. The number of thiocarbonyl (C=S) groups is 1. The molecule has 1 heterocycles. The summed E-state index contributed by atoms with van der Waals surface area (Å²) < 4.78 is 0. The Labute approximate surface area is 70.0 Å². The lowest BCUT2D eigenvalue weighted by Crippen LogP contribution is -2.32. The Morgan fingerprint density at radius 3 is 2.82 bits per heavy atom. The number of hydrogen-bond acceptors (Lipinski definition) is 3. The maximum atomic E-state index is 11.0. The molecule has 0 bridgehead atoms. The summed E-state index contributed by atoms with van der Waals surface area (Å²) in [5, 5.41) is 5.03. The Balaban J connectivity index is 2.76. The van der Waals surface area contributed by atoms with E-state index in [0.29, 0.717) is 6.42 Å². The van der Waals surface area contributed by atoms with E-state index in [4.69, 9.17) is 5.73 Å². The molecule has 0 spiro atoms. The van der Waals surface area contributed by atoms with E-state index in [1.165, 1.54) is 0 Å². The van der Waals surface area contributed by atoms with Crippen LogP contribution in [0.4, 0.5) is 0 Å². The summed E-state index contributed by atoms with van der Waals surface area (Å²) >= 11 is 4.61. The highest BCUT2D eigenvalue weighted by atomic mass is 32.1. The molecule has 0 radical (unpaired) electrons. The minimum absolute atomic E-state index is 0.0263. The van der Waals surface area contributed by atoms with Gasteiger partial charge in [-0.25, -0.2) is 0 Å². The van der Waals surface area contributed by atoms with Crippen molar-refractivity contribution < 1.29 is 4.79 Å². The second-order valence-electron chi connectivity index (χ2n) is 2.24. The Bertz CT molecular complexity index is 236. The molecule has 60 valence electrons. The highest BCUT2D eigenvalue weighted by Gasteiger charge is 2.24. The molecule has 1 rings (SSSR count). The Kier molecular flexibility index (Phi) is 2.19. The Morgan fingerprint density at radius 1 is 1.91 bits per heavy atom. The predicted molar refractivity (Wildman–Crippen MR) is 46.0 cm³/mol.